The third kappa shape index (κ3) is 3.00. The summed E-state index contributed by atoms with van der Waals surface area (Å²) in [5.41, 5.74) is 4.33. The van der Waals surface area contributed by atoms with Crippen LogP contribution in [0.15, 0.2) is 74.5 Å². The van der Waals surface area contributed by atoms with Crippen molar-refractivity contribution in [2.24, 2.45) is 0 Å². The molecular formula is C22H17BrN4O3. The Morgan fingerprint density at radius 1 is 1.10 bits per heavy atom. The van der Waals surface area contributed by atoms with Crippen LogP contribution in [0.2, 0.25) is 0 Å². The second-order valence-corrected chi connectivity index (χ2v) is 8.07. The van der Waals surface area contributed by atoms with Gasteiger partial charge in [-0.25, -0.2) is 4.79 Å². The SMILES string of the molecule is Nn1c(=O)oc2cc(CN3C(=O)c4ccccc4C3Cc3ncccc3Br)ccc21. The molecule has 1 atom stereocenters. The Labute approximate surface area is 179 Å². The van der Waals surface area contributed by atoms with Crippen LogP contribution in [-0.4, -0.2) is 20.5 Å². The summed E-state index contributed by atoms with van der Waals surface area (Å²) in [5, 5.41) is 0. The van der Waals surface area contributed by atoms with Gasteiger partial charge in [-0.1, -0.05) is 24.3 Å². The summed E-state index contributed by atoms with van der Waals surface area (Å²) in [7, 11) is 0. The molecule has 2 aromatic heterocycles. The molecule has 2 N–H and O–H groups in total. The molecule has 3 heterocycles. The number of nitrogen functional groups attached to an aromatic ring is 1. The van der Waals surface area contributed by atoms with Gasteiger partial charge in [0.2, 0.25) is 0 Å². The van der Waals surface area contributed by atoms with Crippen LogP contribution in [0, 0.1) is 0 Å². The Morgan fingerprint density at radius 2 is 1.93 bits per heavy atom. The standard InChI is InChI=1S/C22H17BrN4O3/c23-16-6-3-9-25-17(16)11-19-14-4-1-2-5-15(14)21(28)26(19)12-13-7-8-18-20(10-13)30-22(29)27(18)24/h1-10,19H,11-12,24H2. The number of amides is 1. The van der Waals surface area contributed by atoms with Gasteiger partial charge in [0.1, 0.15) is 5.52 Å². The maximum atomic E-state index is 13.2. The molecule has 150 valence electrons. The van der Waals surface area contributed by atoms with Gasteiger partial charge < -0.3 is 15.2 Å². The number of halogens is 1. The van der Waals surface area contributed by atoms with E-state index in [0.29, 0.717) is 29.6 Å². The van der Waals surface area contributed by atoms with Crippen LogP contribution in [0.5, 0.6) is 0 Å². The van der Waals surface area contributed by atoms with E-state index in [1.807, 2.05) is 47.4 Å². The molecule has 0 aliphatic carbocycles. The number of oxazole rings is 1. The van der Waals surface area contributed by atoms with Gasteiger partial charge in [0.15, 0.2) is 5.58 Å². The van der Waals surface area contributed by atoms with E-state index in [0.717, 1.165) is 26.0 Å². The molecule has 0 bridgehead atoms. The predicted molar refractivity (Wildman–Crippen MR) is 115 cm³/mol. The fourth-order valence-corrected chi connectivity index (χ4v) is 4.39. The van der Waals surface area contributed by atoms with Crippen LogP contribution in [0.25, 0.3) is 11.1 Å². The molecule has 0 radical (unpaired) electrons. The highest BCUT2D eigenvalue weighted by Gasteiger charge is 2.37. The van der Waals surface area contributed by atoms with Crippen molar-refractivity contribution in [3.63, 3.8) is 0 Å². The average molecular weight is 465 g/mol. The van der Waals surface area contributed by atoms with Crippen molar-refractivity contribution in [2.45, 2.75) is 19.0 Å². The Bertz CT molecular complexity index is 1340. The van der Waals surface area contributed by atoms with E-state index in [-0.39, 0.29) is 11.9 Å². The topological polar surface area (TPSA) is 94.4 Å². The van der Waals surface area contributed by atoms with Gasteiger partial charge in [-0.2, -0.15) is 4.68 Å². The first-order valence-electron chi connectivity index (χ1n) is 9.42. The first-order chi connectivity index (χ1) is 14.5. The monoisotopic (exact) mass is 464 g/mol. The van der Waals surface area contributed by atoms with Crippen molar-refractivity contribution < 1.29 is 9.21 Å². The second-order valence-electron chi connectivity index (χ2n) is 7.21. The smallest absolute Gasteiger partial charge is 0.406 e. The minimum atomic E-state index is -0.621. The molecule has 7 nitrogen and oxygen atoms in total. The molecule has 0 spiro atoms. The summed E-state index contributed by atoms with van der Waals surface area (Å²) in [4.78, 5) is 31.2. The minimum absolute atomic E-state index is 0.0272. The molecule has 30 heavy (non-hydrogen) atoms. The maximum Gasteiger partial charge on any atom is 0.438 e. The van der Waals surface area contributed by atoms with Gasteiger partial charge in [0, 0.05) is 29.2 Å². The van der Waals surface area contributed by atoms with Crippen molar-refractivity contribution in [3.8, 4) is 0 Å². The first kappa shape index (κ1) is 18.6. The lowest BCUT2D eigenvalue weighted by molar-refractivity contribution is 0.0708. The number of carbonyl (C=O) groups is 1. The van der Waals surface area contributed by atoms with E-state index in [1.54, 1.807) is 18.3 Å². The van der Waals surface area contributed by atoms with Crippen molar-refractivity contribution in [1.82, 2.24) is 14.6 Å². The summed E-state index contributed by atoms with van der Waals surface area (Å²) >= 11 is 3.56. The molecule has 0 saturated heterocycles. The number of hydrogen-bond acceptors (Lipinski definition) is 5. The number of hydrogen-bond donors (Lipinski definition) is 1. The third-order valence-corrected chi connectivity index (χ3v) is 6.16. The number of nitrogens with two attached hydrogens (primary N) is 1. The molecule has 0 saturated carbocycles. The van der Waals surface area contributed by atoms with Crippen LogP contribution in [0.4, 0.5) is 0 Å². The molecule has 1 unspecified atom stereocenters. The zero-order chi connectivity index (χ0) is 20.8. The highest BCUT2D eigenvalue weighted by molar-refractivity contribution is 9.10. The summed E-state index contributed by atoms with van der Waals surface area (Å²) in [5.74, 6) is 5.04. The summed E-state index contributed by atoms with van der Waals surface area (Å²) in [6.45, 7) is 0.373. The number of benzene rings is 2. The molecule has 1 amide bonds. The molecule has 1 aliphatic rings. The molecule has 0 fully saturated rings. The first-order valence-corrected chi connectivity index (χ1v) is 10.2. The quantitative estimate of drug-likeness (QED) is 0.467. The van der Waals surface area contributed by atoms with Gasteiger partial charge in [0.05, 0.1) is 11.7 Å². The van der Waals surface area contributed by atoms with E-state index >= 15 is 0 Å². The van der Waals surface area contributed by atoms with E-state index in [2.05, 4.69) is 20.9 Å². The van der Waals surface area contributed by atoms with Gasteiger partial charge in [-0.3, -0.25) is 9.78 Å². The highest BCUT2D eigenvalue weighted by Crippen LogP contribution is 2.37. The average Bonchev–Trinajstić information content (AvgIpc) is 3.18. The van der Waals surface area contributed by atoms with Crippen molar-refractivity contribution in [3.05, 3.63) is 98.2 Å². The Kier molecular flexibility index (Phi) is 4.43. The fraction of sp³-hybridized carbons (Fsp3) is 0.136. The van der Waals surface area contributed by atoms with Gasteiger partial charge in [-0.05, 0) is 57.4 Å². The molecular weight excluding hydrogens is 448 g/mol. The summed E-state index contributed by atoms with van der Waals surface area (Å²) in [6, 6.07) is 16.7. The second kappa shape index (κ2) is 7.14. The molecule has 2 aromatic carbocycles. The van der Waals surface area contributed by atoms with Crippen molar-refractivity contribution in [1.29, 1.82) is 0 Å². The van der Waals surface area contributed by atoms with E-state index < -0.39 is 5.76 Å². The number of pyridine rings is 1. The Morgan fingerprint density at radius 3 is 2.77 bits per heavy atom. The van der Waals surface area contributed by atoms with Crippen LogP contribution in [-0.2, 0) is 13.0 Å². The molecule has 4 aromatic rings. The predicted octanol–water partition coefficient (Wildman–Crippen LogP) is 3.41. The Balaban J connectivity index is 1.53. The Hall–Kier alpha value is -3.39. The van der Waals surface area contributed by atoms with E-state index in [9.17, 15) is 9.59 Å². The normalized spacial score (nSPS) is 15.7. The van der Waals surface area contributed by atoms with Crippen LogP contribution >= 0.6 is 15.9 Å². The van der Waals surface area contributed by atoms with Crippen LogP contribution in [0.3, 0.4) is 0 Å². The highest BCUT2D eigenvalue weighted by atomic mass is 79.9. The van der Waals surface area contributed by atoms with E-state index in [4.69, 9.17) is 10.3 Å². The largest absolute Gasteiger partial charge is 0.438 e. The number of fused-ring (bicyclic) bond motifs is 2. The summed E-state index contributed by atoms with van der Waals surface area (Å²) < 4.78 is 7.07. The molecule has 1 aliphatic heterocycles. The van der Waals surface area contributed by atoms with Crippen molar-refractivity contribution in [2.75, 3.05) is 5.84 Å². The molecule has 5 rings (SSSR count). The van der Waals surface area contributed by atoms with E-state index in [1.165, 1.54) is 0 Å². The lowest BCUT2D eigenvalue weighted by atomic mass is 10.0. The lowest BCUT2D eigenvalue weighted by Crippen LogP contribution is -2.29. The van der Waals surface area contributed by atoms with Gasteiger partial charge in [-0.15, -0.1) is 0 Å². The minimum Gasteiger partial charge on any atom is -0.406 e. The summed E-state index contributed by atoms with van der Waals surface area (Å²) in [6.07, 6.45) is 2.33. The zero-order valence-corrected chi connectivity index (χ0v) is 17.4. The van der Waals surface area contributed by atoms with Crippen LogP contribution < -0.4 is 11.6 Å². The maximum absolute atomic E-state index is 13.2. The number of aromatic nitrogens is 2. The number of nitrogens with zero attached hydrogens (tertiary/aromatic N) is 3. The fourth-order valence-electron chi connectivity index (χ4n) is 3.98. The third-order valence-electron chi connectivity index (χ3n) is 5.44. The number of rotatable bonds is 4. The van der Waals surface area contributed by atoms with Crippen LogP contribution in [0.1, 0.15) is 33.2 Å². The van der Waals surface area contributed by atoms with Crippen molar-refractivity contribution >= 4 is 32.9 Å². The van der Waals surface area contributed by atoms with Gasteiger partial charge >= 0.3 is 5.76 Å². The van der Waals surface area contributed by atoms with Gasteiger partial charge in [0.25, 0.3) is 5.91 Å². The number of carbonyl (C=O) groups excluding carboxylic acids is 1. The lowest BCUT2D eigenvalue weighted by Gasteiger charge is -2.25. The molecule has 8 heteroatoms. The zero-order valence-electron chi connectivity index (χ0n) is 15.8.